The highest BCUT2D eigenvalue weighted by Gasteiger charge is 2.15. The maximum Gasteiger partial charge on any atom is 0.256 e. The first-order valence-electron chi connectivity index (χ1n) is 8.64. The van der Waals surface area contributed by atoms with Crippen molar-refractivity contribution in [2.75, 3.05) is 5.32 Å². The number of amides is 2. The van der Waals surface area contributed by atoms with Crippen LogP contribution in [0.4, 0.5) is 5.69 Å². The van der Waals surface area contributed by atoms with E-state index in [9.17, 15) is 9.59 Å². The third-order valence-corrected chi connectivity index (χ3v) is 4.29. The van der Waals surface area contributed by atoms with Crippen molar-refractivity contribution in [3.8, 4) is 11.4 Å². The Morgan fingerprint density at radius 3 is 2.46 bits per heavy atom. The highest BCUT2D eigenvalue weighted by Crippen LogP contribution is 2.24. The Hall–Kier alpha value is -4.06. The van der Waals surface area contributed by atoms with Gasteiger partial charge in [0.05, 0.1) is 22.5 Å². The Bertz CT molecular complexity index is 1190. The molecule has 0 saturated carbocycles. The second-order valence-corrected chi connectivity index (χ2v) is 6.19. The number of nitrogens with two attached hydrogens (primary N) is 1. The van der Waals surface area contributed by atoms with Crippen LogP contribution in [-0.2, 0) is 0 Å². The number of anilines is 1. The van der Waals surface area contributed by atoms with Gasteiger partial charge in [0.15, 0.2) is 0 Å². The van der Waals surface area contributed by atoms with Crippen molar-refractivity contribution in [1.82, 2.24) is 9.97 Å². The molecule has 0 fully saturated rings. The predicted molar refractivity (Wildman–Crippen MR) is 108 cm³/mol. The molecule has 0 bridgehead atoms. The standard InChI is InChI=1S/C22H16N4O2/c23-21(27)14-6-5-7-15(12-14)25-22(28)17-13-20(19-10-3-4-11-24-19)26-18-9-2-1-8-16(17)18/h1-13H,(H2,23,27)(H,25,28). The van der Waals surface area contributed by atoms with Gasteiger partial charge in [0.1, 0.15) is 0 Å². The molecule has 3 N–H and O–H groups in total. The highest BCUT2D eigenvalue weighted by molar-refractivity contribution is 6.13. The number of fused-ring (bicyclic) bond motifs is 1. The van der Waals surface area contributed by atoms with Gasteiger partial charge in [-0.15, -0.1) is 0 Å². The molecule has 28 heavy (non-hydrogen) atoms. The smallest absolute Gasteiger partial charge is 0.256 e. The molecule has 2 amide bonds. The molecule has 0 radical (unpaired) electrons. The average molecular weight is 368 g/mol. The normalized spacial score (nSPS) is 10.6. The summed E-state index contributed by atoms with van der Waals surface area (Å²) in [7, 11) is 0. The Labute approximate surface area is 161 Å². The molecule has 4 rings (SSSR count). The predicted octanol–water partition coefficient (Wildman–Crippen LogP) is 3.65. The molecule has 0 atom stereocenters. The summed E-state index contributed by atoms with van der Waals surface area (Å²) in [6.07, 6.45) is 1.68. The van der Waals surface area contributed by atoms with Gasteiger partial charge in [-0.05, 0) is 42.5 Å². The van der Waals surface area contributed by atoms with Gasteiger partial charge in [0.2, 0.25) is 5.91 Å². The minimum atomic E-state index is -0.553. The monoisotopic (exact) mass is 368 g/mol. The lowest BCUT2D eigenvalue weighted by atomic mass is 10.1. The number of rotatable bonds is 4. The first kappa shape index (κ1) is 17.4. The molecule has 0 saturated heterocycles. The van der Waals surface area contributed by atoms with Gasteiger partial charge in [-0.25, -0.2) is 4.98 Å². The van der Waals surface area contributed by atoms with Crippen LogP contribution in [0.2, 0.25) is 0 Å². The lowest BCUT2D eigenvalue weighted by Crippen LogP contribution is -2.15. The van der Waals surface area contributed by atoms with E-state index < -0.39 is 5.91 Å². The van der Waals surface area contributed by atoms with Gasteiger partial charge in [0.25, 0.3) is 5.91 Å². The second kappa shape index (κ2) is 7.28. The van der Waals surface area contributed by atoms with E-state index in [1.54, 1.807) is 36.5 Å². The molecular weight excluding hydrogens is 352 g/mol. The molecule has 6 heteroatoms. The Morgan fingerprint density at radius 1 is 0.857 bits per heavy atom. The van der Waals surface area contributed by atoms with E-state index in [0.29, 0.717) is 33.7 Å². The van der Waals surface area contributed by atoms with E-state index in [1.165, 1.54) is 0 Å². The number of hydrogen-bond acceptors (Lipinski definition) is 4. The van der Waals surface area contributed by atoms with Crippen LogP contribution in [0.15, 0.2) is 79.0 Å². The fourth-order valence-electron chi connectivity index (χ4n) is 2.96. The number of aromatic nitrogens is 2. The van der Waals surface area contributed by atoms with Crippen LogP contribution < -0.4 is 11.1 Å². The Balaban J connectivity index is 1.78. The lowest BCUT2D eigenvalue weighted by Gasteiger charge is -2.11. The maximum absolute atomic E-state index is 13.0. The van der Waals surface area contributed by atoms with E-state index in [0.717, 1.165) is 5.39 Å². The summed E-state index contributed by atoms with van der Waals surface area (Å²) < 4.78 is 0. The Morgan fingerprint density at radius 2 is 1.68 bits per heavy atom. The van der Waals surface area contributed by atoms with Crippen LogP contribution in [0.5, 0.6) is 0 Å². The van der Waals surface area contributed by atoms with Gasteiger partial charge in [0, 0.05) is 22.8 Å². The number of para-hydroxylation sites is 1. The van der Waals surface area contributed by atoms with Crippen molar-refractivity contribution in [2.45, 2.75) is 0 Å². The zero-order chi connectivity index (χ0) is 19.5. The van der Waals surface area contributed by atoms with Crippen molar-refractivity contribution in [3.05, 3.63) is 90.1 Å². The minimum Gasteiger partial charge on any atom is -0.366 e. The summed E-state index contributed by atoms with van der Waals surface area (Å²) in [5.41, 5.74) is 8.58. The van der Waals surface area contributed by atoms with E-state index in [1.807, 2.05) is 42.5 Å². The van der Waals surface area contributed by atoms with Gasteiger partial charge in [-0.3, -0.25) is 14.6 Å². The first-order valence-corrected chi connectivity index (χ1v) is 8.64. The summed E-state index contributed by atoms with van der Waals surface area (Å²) in [5, 5.41) is 3.56. The fraction of sp³-hybridized carbons (Fsp3) is 0. The number of nitrogens with one attached hydrogen (secondary N) is 1. The van der Waals surface area contributed by atoms with Crippen molar-refractivity contribution in [1.29, 1.82) is 0 Å². The molecule has 6 nitrogen and oxygen atoms in total. The molecule has 0 aliphatic rings. The first-order chi connectivity index (χ1) is 13.6. The number of nitrogens with zero attached hydrogens (tertiary/aromatic N) is 2. The average Bonchev–Trinajstić information content (AvgIpc) is 2.73. The highest BCUT2D eigenvalue weighted by atomic mass is 16.2. The second-order valence-electron chi connectivity index (χ2n) is 6.19. The Kier molecular flexibility index (Phi) is 4.51. The third kappa shape index (κ3) is 3.43. The largest absolute Gasteiger partial charge is 0.366 e. The molecule has 0 unspecified atom stereocenters. The summed E-state index contributed by atoms with van der Waals surface area (Å²) in [4.78, 5) is 33.4. The molecule has 136 valence electrons. The van der Waals surface area contributed by atoms with Gasteiger partial charge < -0.3 is 11.1 Å². The van der Waals surface area contributed by atoms with Crippen molar-refractivity contribution in [3.63, 3.8) is 0 Å². The van der Waals surface area contributed by atoms with E-state index >= 15 is 0 Å². The SMILES string of the molecule is NC(=O)c1cccc(NC(=O)c2cc(-c3ccccn3)nc3ccccc23)c1. The summed E-state index contributed by atoms with van der Waals surface area (Å²) in [6, 6.07) is 21.2. The zero-order valence-electron chi connectivity index (χ0n) is 14.8. The third-order valence-electron chi connectivity index (χ3n) is 4.29. The van der Waals surface area contributed by atoms with Gasteiger partial charge in [-0.1, -0.05) is 30.3 Å². The topological polar surface area (TPSA) is 98.0 Å². The number of carbonyl (C=O) groups excluding carboxylic acids is 2. The molecule has 0 aliphatic carbocycles. The number of carbonyl (C=O) groups is 2. The van der Waals surface area contributed by atoms with Crippen LogP contribution in [0.1, 0.15) is 20.7 Å². The maximum atomic E-state index is 13.0. The lowest BCUT2D eigenvalue weighted by molar-refractivity contribution is 0.0996. The van der Waals surface area contributed by atoms with Crippen LogP contribution in [0, 0.1) is 0 Å². The van der Waals surface area contributed by atoms with Crippen molar-refractivity contribution in [2.24, 2.45) is 5.73 Å². The van der Waals surface area contributed by atoms with E-state index in [4.69, 9.17) is 5.73 Å². The summed E-state index contributed by atoms with van der Waals surface area (Å²) in [6.45, 7) is 0. The van der Waals surface area contributed by atoms with Crippen LogP contribution in [-0.4, -0.2) is 21.8 Å². The van der Waals surface area contributed by atoms with Crippen LogP contribution in [0.25, 0.3) is 22.3 Å². The quantitative estimate of drug-likeness (QED) is 0.574. The molecule has 0 spiro atoms. The zero-order valence-corrected chi connectivity index (χ0v) is 14.8. The summed E-state index contributed by atoms with van der Waals surface area (Å²) >= 11 is 0. The molecule has 0 aliphatic heterocycles. The van der Waals surface area contributed by atoms with Gasteiger partial charge >= 0.3 is 0 Å². The fourth-order valence-corrected chi connectivity index (χ4v) is 2.96. The molecule has 2 aromatic carbocycles. The van der Waals surface area contributed by atoms with E-state index in [2.05, 4.69) is 15.3 Å². The molecule has 4 aromatic rings. The van der Waals surface area contributed by atoms with Crippen LogP contribution >= 0.6 is 0 Å². The minimum absolute atomic E-state index is 0.308. The molecule has 2 heterocycles. The molecular formula is C22H16N4O2. The van der Waals surface area contributed by atoms with Crippen molar-refractivity contribution < 1.29 is 9.59 Å². The molecule has 2 aromatic heterocycles. The van der Waals surface area contributed by atoms with Crippen LogP contribution in [0.3, 0.4) is 0 Å². The van der Waals surface area contributed by atoms with Crippen molar-refractivity contribution >= 4 is 28.4 Å². The number of hydrogen-bond donors (Lipinski definition) is 2. The number of primary amides is 1. The summed E-state index contributed by atoms with van der Waals surface area (Å²) in [5.74, 6) is -0.861. The van der Waals surface area contributed by atoms with Gasteiger partial charge in [-0.2, -0.15) is 0 Å². The van der Waals surface area contributed by atoms with E-state index in [-0.39, 0.29) is 5.91 Å². The number of pyridine rings is 2. The number of benzene rings is 2.